The average molecular weight is 208 g/mol. The van der Waals surface area contributed by atoms with E-state index in [-0.39, 0.29) is 0 Å². The van der Waals surface area contributed by atoms with Gasteiger partial charge in [-0.05, 0) is 26.2 Å². The summed E-state index contributed by atoms with van der Waals surface area (Å²) >= 11 is 3.35. The van der Waals surface area contributed by atoms with Crippen LogP contribution in [0, 0.1) is 0 Å². The van der Waals surface area contributed by atoms with E-state index in [0.717, 1.165) is 23.9 Å². The minimum Gasteiger partial charge on any atom is -0.411 e. The van der Waals surface area contributed by atoms with Gasteiger partial charge in [-0.3, -0.25) is 0 Å². The molecule has 0 atom stereocenters. The van der Waals surface area contributed by atoms with Crippen molar-refractivity contribution in [1.29, 1.82) is 0 Å². The van der Waals surface area contributed by atoms with Gasteiger partial charge in [-0.15, -0.1) is 0 Å². The van der Waals surface area contributed by atoms with Gasteiger partial charge in [0, 0.05) is 5.33 Å². The van der Waals surface area contributed by atoms with Crippen molar-refractivity contribution in [3.8, 4) is 0 Å². The van der Waals surface area contributed by atoms with E-state index in [1.54, 1.807) is 0 Å². The molecule has 0 bridgehead atoms. The molecule has 2 nitrogen and oxygen atoms in total. The Morgan fingerprint density at radius 1 is 1.40 bits per heavy atom. The second-order valence-electron chi connectivity index (χ2n) is 2.33. The predicted octanol–water partition coefficient (Wildman–Crippen LogP) is 2.79. The lowest BCUT2D eigenvalue weighted by atomic mass is 10.1. The lowest BCUT2D eigenvalue weighted by molar-refractivity contribution is 0.317. The molecule has 0 radical (unpaired) electrons. The third kappa shape index (κ3) is 6.08. The van der Waals surface area contributed by atoms with E-state index in [0.29, 0.717) is 0 Å². The molecule has 3 heteroatoms. The Morgan fingerprint density at radius 2 is 2.10 bits per heavy atom. The smallest absolute Gasteiger partial charge is 0.0540 e. The van der Waals surface area contributed by atoms with E-state index in [9.17, 15) is 0 Å². The highest BCUT2D eigenvalue weighted by Crippen LogP contribution is 2.02. The van der Waals surface area contributed by atoms with E-state index in [4.69, 9.17) is 5.21 Å². The van der Waals surface area contributed by atoms with Crippen molar-refractivity contribution in [2.75, 3.05) is 5.33 Å². The number of alkyl halides is 1. The molecule has 1 N–H and O–H groups in total. The summed E-state index contributed by atoms with van der Waals surface area (Å²) in [5, 5.41) is 12.4. The normalized spacial score (nSPS) is 12.0. The largest absolute Gasteiger partial charge is 0.411 e. The molecule has 0 aromatic carbocycles. The topological polar surface area (TPSA) is 32.6 Å². The maximum Gasteiger partial charge on any atom is 0.0540 e. The zero-order chi connectivity index (χ0) is 7.82. The highest BCUT2D eigenvalue weighted by Gasteiger charge is 1.91. The molecule has 0 aliphatic carbocycles. The van der Waals surface area contributed by atoms with Crippen LogP contribution in [0.5, 0.6) is 0 Å². The molecule has 0 spiro atoms. The first-order chi connectivity index (χ1) is 4.81. The lowest BCUT2D eigenvalue weighted by Gasteiger charge is -1.96. The maximum atomic E-state index is 8.27. The lowest BCUT2D eigenvalue weighted by Crippen LogP contribution is -1.90. The summed E-state index contributed by atoms with van der Waals surface area (Å²) in [6, 6.07) is 0. The van der Waals surface area contributed by atoms with E-state index < -0.39 is 0 Å². The summed E-state index contributed by atoms with van der Waals surface area (Å²) < 4.78 is 0. The second kappa shape index (κ2) is 7.06. The molecule has 0 aliphatic heterocycles. The number of rotatable bonds is 5. The number of unbranched alkanes of at least 4 members (excludes halogenated alkanes) is 2. The average Bonchev–Trinajstić information content (AvgIpc) is 1.98. The maximum absolute atomic E-state index is 8.27. The molecule has 0 saturated heterocycles. The molecule has 0 unspecified atom stereocenters. The van der Waals surface area contributed by atoms with Crippen LogP contribution in [-0.4, -0.2) is 16.2 Å². The van der Waals surface area contributed by atoms with Crippen molar-refractivity contribution < 1.29 is 5.21 Å². The van der Waals surface area contributed by atoms with Gasteiger partial charge >= 0.3 is 0 Å². The van der Waals surface area contributed by atoms with E-state index in [1.165, 1.54) is 12.8 Å². The molecule has 0 fully saturated rings. The van der Waals surface area contributed by atoms with E-state index >= 15 is 0 Å². The summed E-state index contributed by atoms with van der Waals surface area (Å²) in [5.41, 5.74) is 0.828. The Balaban J connectivity index is 3.04. The molecule has 0 rings (SSSR count). The van der Waals surface area contributed by atoms with E-state index in [2.05, 4.69) is 21.1 Å². The van der Waals surface area contributed by atoms with Gasteiger partial charge in [-0.1, -0.05) is 27.5 Å². The van der Waals surface area contributed by atoms with Crippen molar-refractivity contribution >= 4 is 21.6 Å². The fourth-order valence-electron chi connectivity index (χ4n) is 0.702. The second-order valence-corrected chi connectivity index (χ2v) is 3.13. The van der Waals surface area contributed by atoms with Crippen LogP contribution >= 0.6 is 15.9 Å². The van der Waals surface area contributed by atoms with Crippen LogP contribution in [0.25, 0.3) is 0 Å². The Hall–Kier alpha value is -0.0500. The Kier molecular flexibility index (Phi) is 7.03. The van der Waals surface area contributed by atoms with Crippen LogP contribution in [0.4, 0.5) is 0 Å². The molecule has 0 aromatic heterocycles. The number of nitrogens with zero attached hydrogens (tertiary/aromatic N) is 1. The molecular formula is C7H14BrNO. The molecule has 0 aromatic rings. The first kappa shape index (κ1) is 9.95. The van der Waals surface area contributed by atoms with Crippen LogP contribution in [0.3, 0.4) is 0 Å². The van der Waals surface area contributed by atoms with Gasteiger partial charge in [0.25, 0.3) is 0 Å². The summed E-state index contributed by atoms with van der Waals surface area (Å²) in [4.78, 5) is 0. The van der Waals surface area contributed by atoms with Crippen molar-refractivity contribution in [3.63, 3.8) is 0 Å². The van der Waals surface area contributed by atoms with Crippen molar-refractivity contribution in [2.45, 2.75) is 32.6 Å². The van der Waals surface area contributed by atoms with Gasteiger partial charge < -0.3 is 5.21 Å². The first-order valence-electron chi connectivity index (χ1n) is 3.54. The summed E-state index contributed by atoms with van der Waals surface area (Å²) in [7, 11) is 0. The molecule has 10 heavy (non-hydrogen) atoms. The minimum atomic E-state index is 0.828. The van der Waals surface area contributed by atoms with Crippen molar-refractivity contribution in [1.82, 2.24) is 0 Å². The van der Waals surface area contributed by atoms with Crippen LogP contribution in [0.15, 0.2) is 5.16 Å². The van der Waals surface area contributed by atoms with Crippen LogP contribution < -0.4 is 0 Å². The molecule has 0 amide bonds. The quantitative estimate of drug-likeness (QED) is 0.243. The number of hydrogen-bond donors (Lipinski definition) is 1. The third-order valence-electron chi connectivity index (χ3n) is 1.34. The molecule has 0 heterocycles. The third-order valence-corrected chi connectivity index (χ3v) is 1.90. The van der Waals surface area contributed by atoms with Gasteiger partial charge in [-0.25, -0.2) is 0 Å². The zero-order valence-electron chi connectivity index (χ0n) is 6.31. The van der Waals surface area contributed by atoms with Gasteiger partial charge in [0.1, 0.15) is 0 Å². The van der Waals surface area contributed by atoms with Gasteiger partial charge in [-0.2, -0.15) is 0 Å². The molecule has 0 aliphatic rings. The van der Waals surface area contributed by atoms with Crippen LogP contribution in [-0.2, 0) is 0 Å². The SMILES string of the molecule is CC(CCCCCBr)=NO. The fraction of sp³-hybridized carbons (Fsp3) is 0.857. The minimum absolute atomic E-state index is 0.828. The monoisotopic (exact) mass is 207 g/mol. The Labute approximate surface area is 70.4 Å². The number of halogens is 1. The van der Waals surface area contributed by atoms with E-state index in [1.807, 2.05) is 6.92 Å². The fourth-order valence-corrected chi connectivity index (χ4v) is 1.10. The number of oxime groups is 1. The first-order valence-corrected chi connectivity index (χ1v) is 4.67. The Bertz CT molecular complexity index is 104. The molecular weight excluding hydrogens is 194 g/mol. The van der Waals surface area contributed by atoms with Crippen LogP contribution in [0.2, 0.25) is 0 Å². The molecule has 0 saturated carbocycles. The van der Waals surface area contributed by atoms with Crippen molar-refractivity contribution in [2.24, 2.45) is 5.16 Å². The standard InChI is InChI=1S/C7H14BrNO/c1-7(9-10)5-3-2-4-6-8/h10H,2-6H2,1H3. The van der Waals surface area contributed by atoms with Gasteiger partial charge in [0.05, 0.1) is 5.71 Å². The predicted molar refractivity (Wildman–Crippen MR) is 47.2 cm³/mol. The summed E-state index contributed by atoms with van der Waals surface area (Å²) in [6.07, 6.45) is 4.46. The summed E-state index contributed by atoms with van der Waals surface area (Å²) in [6.45, 7) is 1.84. The van der Waals surface area contributed by atoms with Crippen molar-refractivity contribution in [3.05, 3.63) is 0 Å². The summed E-state index contributed by atoms with van der Waals surface area (Å²) in [5.74, 6) is 0. The highest BCUT2D eigenvalue weighted by molar-refractivity contribution is 9.09. The number of hydrogen-bond acceptors (Lipinski definition) is 2. The van der Waals surface area contributed by atoms with Gasteiger partial charge in [0.15, 0.2) is 0 Å². The highest BCUT2D eigenvalue weighted by atomic mass is 79.9. The molecule has 60 valence electrons. The zero-order valence-corrected chi connectivity index (χ0v) is 7.89. The van der Waals surface area contributed by atoms with Crippen LogP contribution in [0.1, 0.15) is 32.6 Å². The Morgan fingerprint density at radius 3 is 2.60 bits per heavy atom. The van der Waals surface area contributed by atoms with Gasteiger partial charge in [0.2, 0.25) is 0 Å².